The highest BCUT2D eigenvalue weighted by Crippen LogP contribution is 2.37. The van der Waals surface area contributed by atoms with Crippen molar-refractivity contribution in [2.45, 2.75) is 13.8 Å². The van der Waals surface area contributed by atoms with Crippen molar-refractivity contribution in [2.75, 3.05) is 23.9 Å². The lowest BCUT2D eigenvalue weighted by Crippen LogP contribution is -2.54. The van der Waals surface area contributed by atoms with Crippen LogP contribution in [0.15, 0.2) is 60.2 Å². The van der Waals surface area contributed by atoms with Gasteiger partial charge >= 0.3 is 6.03 Å². The fraction of sp³-hybridized carbons (Fsp3) is 0.143. The summed E-state index contributed by atoms with van der Waals surface area (Å²) in [5.41, 5.74) is 2.15. The first kappa shape index (κ1) is 27.3. The van der Waals surface area contributed by atoms with Crippen molar-refractivity contribution >= 4 is 52.8 Å². The van der Waals surface area contributed by atoms with Crippen molar-refractivity contribution in [1.29, 1.82) is 0 Å². The number of halogens is 2. The van der Waals surface area contributed by atoms with Gasteiger partial charge in [-0.15, -0.1) is 0 Å². The molecule has 0 spiro atoms. The van der Waals surface area contributed by atoms with E-state index in [0.717, 1.165) is 16.0 Å². The Morgan fingerprint density at radius 1 is 1.08 bits per heavy atom. The summed E-state index contributed by atoms with van der Waals surface area (Å²) in [6, 6.07) is 12.7. The molecule has 0 unspecified atom stereocenters. The number of hydrogen-bond acceptors (Lipinski definition) is 6. The van der Waals surface area contributed by atoms with Gasteiger partial charge in [0.2, 0.25) is 0 Å². The summed E-state index contributed by atoms with van der Waals surface area (Å²) in [4.78, 5) is 51.4. The molecule has 200 valence electrons. The minimum atomic E-state index is -0.870. The molecule has 0 saturated carbocycles. The second kappa shape index (κ2) is 11.4. The normalized spacial score (nSPS) is 14.3. The number of urea groups is 1. The number of imide groups is 2. The molecule has 39 heavy (non-hydrogen) atoms. The van der Waals surface area contributed by atoms with Crippen molar-refractivity contribution in [3.63, 3.8) is 0 Å². The number of hydrogen-bond donors (Lipinski definition) is 2. The molecule has 0 atom stereocenters. The highest BCUT2D eigenvalue weighted by molar-refractivity contribution is 6.39. The zero-order valence-electron chi connectivity index (χ0n) is 21.1. The molecule has 1 aliphatic rings. The van der Waals surface area contributed by atoms with Gasteiger partial charge in [0, 0.05) is 0 Å². The second-order valence-corrected chi connectivity index (χ2v) is 8.98. The van der Waals surface area contributed by atoms with Crippen molar-refractivity contribution in [2.24, 2.45) is 0 Å². The molecule has 2 N–H and O–H groups in total. The number of ether oxygens (including phenoxy) is 2. The first-order valence-corrected chi connectivity index (χ1v) is 12.0. The van der Waals surface area contributed by atoms with Gasteiger partial charge in [-0.1, -0.05) is 29.8 Å². The summed E-state index contributed by atoms with van der Waals surface area (Å²) < 4.78 is 24.6. The Morgan fingerprint density at radius 3 is 2.51 bits per heavy atom. The third-order valence-electron chi connectivity index (χ3n) is 5.91. The predicted octanol–water partition coefficient (Wildman–Crippen LogP) is 4.79. The maximum absolute atomic E-state index is 13.8. The summed E-state index contributed by atoms with van der Waals surface area (Å²) >= 11 is 6.38. The van der Waals surface area contributed by atoms with Crippen LogP contribution in [0.25, 0.3) is 6.08 Å². The van der Waals surface area contributed by atoms with E-state index in [9.17, 15) is 23.6 Å². The predicted molar refractivity (Wildman–Crippen MR) is 143 cm³/mol. The minimum absolute atomic E-state index is 0.00474. The average molecular weight is 552 g/mol. The van der Waals surface area contributed by atoms with Crippen LogP contribution in [0.5, 0.6) is 11.5 Å². The minimum Gasteiger partial charge on any atom is -0.493 e. The van der Waals surface area contributed by atoms with Gasteiger partial charge in [-0.05, 0) is 73.0 Å². The van der Waals surface area contributed by atoms with E-state index in [1.807, 2.05) is 13.8 Å². The first-order valence-electron chi connectivity index (χ1n) is 11.6. The smallest absolute Gasteiger partial charge is 0.335 e. The highest BCUT2D eigenvalue weighted by Gasteiger charge is 2.37. The molecular formula is C28H23ClFN3O6. The quantitative estimate of drug-likeness (QED) is 0.322. The molecule has 3 aromatic rings. The molecule has 4 rings (SSSR count). The molecule has 5 amide bonds. The molecule has 0 bridgehead atoms. The number of carbonyl (C=O) groups excluding carboxylic acids is 4. The maximum atomic E-state index is 13.8. The van der Waals surface area contributed by atoms with Gasteiger partial charge in [0.05, 0.1) is 23.5 Å². The zero-order chi connectivity index (χ0) is 28.3. The second-order valence-electron chi connectivity index (χ2n) is 8.58. The standard InChI is InChI=1S/C28H23ClFN3O6/c1-15-8-9-18(10-16(15)2)33-27(36)19(26(35)32-28(33)37)11-17-12-20(29)25(23(13-17)38-3)39-14-24(34)31-22-7-5-4-6-21(22)30/h4-13H,14H2,1-3H3,(H,31,34)(H,32,35,37)/b19-11-. The number of nitrogens with zero attached hydrogens (tertiary/aromatic N) is 1. The Kier molecular flexibility index (Phi) is 7.96. The number of nitrogens with one attached hydrogen (secondary N) is 2. The molecule has 1 heterocycles. The van der Waals surface area contributed by atoms with Crippen molar-refractivity contribution in [3.8, 4) is 11.5 Å². The Bertz CT molecular complexity index is 1540. The lowest BCUT2D eigenvalue weighted by Gasteiger charge is -2.27. The fourth-order valence-electron chi connectivity index (χ4n) is 3.77. The van der Waals surface area contributed by atoms with Gasteiger partial charge in [0.15, 0.2) is 18.1 Å². The lowest BCUT2D eigenvalue weighted by atomic mass is 10.0. The molecule has 1 saturated heterocycles. The fourth-order valence-corrected chi connectivity index (χ4v) is 4.05. The van der Waals surface area contributed by atoms with Crippen LogP contribution in [0, 0.1) is 19.7 Å². The van der Waals surface area contributed by atoms with Crippen molar-refractivity contribution in [3.05, 3.63) is 87.7 Å². The van der Waals surface area contributed by atoms with Crippen LogP contribution in [-0.2, 0) is 14.4 Å². The molecule has 3 aromatic carbocycles. The Morgan fingerprint density at radius 2 is 1.82 bits per heavy atom. The third-order valence-corrected chi connectivity index (χ3v) is 6.19. The molecule has 9 nitrogen and oxygen atoms in total. The molecule has 0 radical (unpaired) electrons. The van der Waals surface area contributed by atoms with E-state index in [-0.39, 0.29) is 27.8 Å². The van der Waals surface area contributed by atoms with E-state index in [2.05, 4.69) is 10.6 Å². The number of barbiturate groups is 1. The van der Waals surface area contributed by atoms with Gasteiger partial charge in [-0.2, -0.15) is 0 Å². The van der Waals surface area contributed by atoms with Crippen molar-refractivity contribution < 1.29 is 33.0 Å². The van der Waals surface area contributed by atoms with Crippen LogP contribution in [-0.4, -0.2) is 37.5 Å². The summed E-state index contributed by atoms with van der Waals surface area (Å²) in [6.07, 6.45) is 1.27. The largest absolute Gasteiger partial charge is 0.493 e. The SMILES string of the molecule is COc1cc(/C=C2/C(=O)NC(=O)N(c3ccc(C)c(C)c3)C2=O)cc(Cl)c1OCC(=O)Nc1ccccc1F. The van der Waals surface area contributed by atoms with Gasteiger partial charge in [-0.3, -0.25) is 19.7 Å². The van der Waals surface area contributed by atoms with E-state index in [0.29, 0.717) is 11.3 Å². The van der Waals surface area contributed by atoms with Gasteiger partial charge in [0.1, 0.15) is 11.4 Å². The average Bonchev–Trinajstić information content (AvgIpc) is 2.89. The number of methoxy groups -OCH3 is 1. The topological polar surface area (TPSA) is 114 Å². The van der Waals surface area contributed by atoms with Gasteiger partial charge in [0.25, 0.3) is 17.7 Å². The first-order chi connectivity index (χ1) is 18.6. The number of carbonyl (C=O) groups is 4. The van der Waals surface area contributed by atoms with Gasteiger partial charge < -0.3 is 14.8 Å². The van der Waals surface area contributed by atoms with E-state index in [1.54, 1.807) is 24.3 Å². The Balaban J connectivity index is 1.57. The van der Waals surface area contributed by atoms with Crippen LogP contribution in [0.3, 0.4) is 0 Å². The van der Waals surface area contributed by atoms with Crippen LogP contribution in [0.2, 0.25) is 5.02 Å². The maximum Gasteiger partial charge on any atom is 0.335 e. The van der Waals surface area contributed by atoms with Gasteiger partial charge in [-0.25, -0.2) is 14.1 Å². The number of aryl methyl sites for hydroxylation is 2. The van der Waals surface area contributed by atoms with E-state index < -0.39 is 36.2 Å². The molecule has 0 aromatic heterocycles. The Hall–Kier alpha value is -4.70. The summed E-state index contributed by atoms with van der Waals surface area (Å²) in [5.74, 6) is -2.78. The number of benzene rings is 3. The summed E-state index contributed by atoms with van der Waals surface area (Å²) in [6.45, 7) is 3.24. The summed E-state index contributed by atoms with van der Waals surface area (Å²) in [7, 11) is 1.34. The van der Waals surface area contributed by atoms with Crippen LogP contribution < -0.4 is 25.0 Å². The van der Waals surface area contributed by atoms with Crippen LogP contribution in [0.1, 0.15) is 16.7 Å². The molecule has 11 heteroatoms. The van der Waals surface area contributed by atoms with Crippen molar-refractivity contribution in [1.82, 2.24) is 5.32 Å². The third kappa shape index (κ3) is 5.91. The molecule has 1 fully saturated rings. The van der Waals surface area contributed by atoms with E-state index in [1.165, 1.54) is 43.5 Å². The van der Waals surface area contributed by atoms with E-state index in [4.69, 9.17) is 21.1 Å². The molecule has 0 aliphatic carbocycles. The molecular weight excluding hydrogens is 529 g/mol. The number of rotatable bonds is 7. The van der Waals surface area contributed by atoms with Crippen LogP contribution in [0.4, 0.5) is 20.6 Å². The lowest BCUT2D eigenvalue weighted by molar-refractivity contribution is -0.122. The number of amides is 5. The monoisotopic (exact) mass is 551 g/mol. The van der Waals surface area contributed by atoms with Crippen LogP contribution >= 0.6 is 11.6 Å². The molecule has 1 aliphatic heterocycles. The zero-order valence-corrected chi connectivity index (χ0v) is 21.9. The van der Waals surface area contributed by atoms with E-state index >= 15 is 0 Å². The Labute approximate surface area is 228 Å². The number of para-hydroxylation sites is 1. The summed E-state index contributed by atoms with van der Waals surface area (Å²) in [5, 5.41) is 4.59. The number of anilines is 2. The highest BCUT2D eigenvalue weighted by atomic mass is 35.5.